The highest BCUT2D eigenvalue weighted by Crippen LogP contribution is 2.32. The molecule has 1 N–H and O–H groups in total. The Hall–Kier alpha value is -0.0800. The molecule has 0 aromatic heterocycles. The van der Waals surface area contributed by atoms with E-state index in [1.54, 1.807) is 0 Å². The molecule has 1 saturated heterocycles. The lowest BCUT2D eigenvalue weighted by atomic mass is 9.82. The van der Waals surface area contributed by atoms with E-state index in [2.05, 4.69) is 24.1 Å². The van der Waals surface area contributed by atoms with Gasteiger partial charge in [-0.1, -0.05) is 20.3 Å². The Kier molecular flexibility index (Phi) is 3.95. The smallest absolute Gasteiger partial charge is 0.0198 e. The maximum atomic E-state index is 3.86. The van der Waals surface area contributed by atoms with Gasteiger partial charge in [0.25, 0.3) is 0 Å². The number of piperidine rings is 1. The monoisotopic (exact) mass is 250 g/mol. The number of nitrogens with zero attached hydrogens (tertiary/aromatic N) is 1. The van der Waals surface area contributed by atoms with Gasteiger partial charge in [0.2, 0.25) is 0 Å². The van der Waals surface area contributed by atoms with Crippen molar-refractivity contribution in [3.8, 4) is 0 Å². The van der Waals surface area contributed by atoms with Crippen LogP contribution in [0.5, 0.6) is 0 Å². The lowest BCUT2D eigenvalue weighted by molar-refractivity contribution is 0.0450. The molecular formula is C16H30N2. The van der Waals surface area contributed by atoms with Crippen LogP contribution in [0.25, 0.3) is 0 Å². The Morgan fingerprint density at radius 2 is 1.89 bits per heavy atom. The molecule has 1 aliphatic heterocycles. The fourth-order valence-corrected chi connectivity index (χ4v) is 3.51. The first-order valence-corrected chi connectivity index (χ1v) is 8.20. The molecule has 2 aliphatic carbocycles. The van der Waals surface area contributed by atoms with Crippen molar-refractivity contribution in [2.24, 2.45) is 17.8 Å². The third kappa shape index (κ3) is 3.08. The van der Waals surface area contributed by atoms with Crippen LogP contribution in [0, 0.1) is 17.8 Å². The minimum atomic E-state index is 0.771. The fourth-order valence-electron chi connectivity index (χ4n) is 3.51. The summed E-state index contributed by atoms with van der Waals surface area (Å²) in [5.74, 6) is 2.77. The average molecular weight is 250 g/mol. The minimum absolute atomic E-state index is 0.771. The first kappa shape index (κ1) is 12.9. The number of hydrogen-bond acceptors (Lipinski definition) is 2. The predicted molar refractivity (Wildman–Crippen MR) is 76.7 cm³/mol. The summed E-state index contributed by atoms with van der Waals surface area (Å²) in [6, 6.07) is 1.70. The van der Waals surface area contributed by atoms with E-state index in [-0.39, 0.29) is 0 Å². The third-order valence-electron chi connectivity index (χ3n) is 5.44. The van der Waals surface area contributed by atoms with E-state index in [1.165, 1.54) is 58.2 Å². The van der Waals surface area contributed by atoms with Crippen LogP contribution in [0.4, 0.5) is 0 Å². The summed E-state index contributed by atoms with van der Waals surface area (Å²) >= 11 is 0. The van der Waals surface area contributed by atoms with Gasteiger partial charge < -0.3 is 5.32 Å². The van der Waals surface area contributed by atoms with Gasteiger partial charge in [0.15, 0.2) is 0 Å². The van der Waals surface area contributed by atoms with Crippen LogP contribution < -0.4 is 5.32 Å². The lowest BCUT2D eigenvalue weighted by Gasteiger charge is -2.46. The molecule has 0 radical (unpaired) electrons. The van der Waals surface area contributed by atoms with Crippen molar-refractivity contribution < 1.29 is 0 Å². The molecule has 0 aromatic carbocycles. The third-order valence-corrected chi connectivity index (χ3v) is 5.44. The van der Waals surface area contributed by atoms with Gasteiger partial charge in [-0.2, -0.15) is 0 Å². The highest BCUT2D eigenvalue weighted by Gasteiger charge is 2.35. The second kappa shape index (κ2) is 5.50. The molecular weight excluding hydrogens is 220 g/mol. The molecule has 104 valence electrons. The molecule has 0 spiro atoms. The van der Waals surface area contributed by atoms with Crippen molar-refractivity contribution in [2.45, 2.75) is 64.5 Å². The molecule has 1 heterocycles. The standard InChI is InChI=1S/C16H30N2/c1-12(2)14-8-15(17-9-13-6-7-13)11-18(10-14)16-4-3-5-16/h12-17H,3-11H2,1-2H3. The van der Waals surface area contributed by atoms with Crippen molar-refractivity contribution in [1.82, 2.24) is 10.2 Å². The van der Waals surface area contributed by atoms with E-state index in [9.17, 15) is 0 Å². The molecule has 2 saturated carbocycles. The van der Waals surface area contributed by atoms with Crippen LogP contribution in [0.15, 0.2) is 0 Å². The zero-order valence-electron chi connectivity index (χ0n) is 12.2. The predicted octanol–water partition coefficient (Wildman–Crippen LogP) is 2.89. The Morgan fingerprint density at radius 3 is 2.44 bits per heavy atom. The second-order valence-corrected chi connectivity index (χ2v) is 7.33. The van der Waals surface area contributed by atoms with Gasteiger partial charge in [0.1, 0.15) is 0 Å². The largest absolute Gasteiger partial charge is 0.312 e. The van der Waals surface area contributed by atoms with Crippen LogP contribution in [0.1, 0.15) is 52.4 Å². The minimum Gasteiger partial charge on any atom is -0.312 e. The summed E-state index contributed by atoms with van der Waals surface area (Å²) < 4.78 is 0. The molecule has 2 unspecified atom stereocenters. The summed E-state index contributed by atoms with van der Waals surface area (Å²) in [5, 5.41) is 3.86. The summed E-state index contributed by atoms with van der Waals surface area (Å²) in [6.45, 7) is 8.79. The Morgan fingerprint density at radius 1 is 1.11 bits per heavy atom. The molecule has 0 bridgehead atoms. The SMILES string of the molecule is CC(C)C1CC(NCC2CC2)CN(C2CCC2)C1. The van der Waals surface area contributed by atoms with Crippen LogP contribution in [0.3, 0.4) is 0 Å². The van der Waals surface area contributed by atoms with Gasteiger partial charge in [-0.3, -0.25) is 4.90 Å². The lowest BCUT2D eigenvalue weighted by Crippen LogP contribution is -2.55. The van der Waals surface area contributed by atoms with E-state index in [1.807, 2.05) is 0 Å². The number of likely N-dealkylation sites (tertiary alicyclic amines) is 1. The van der Waals surface area contributed by atoms with Crippen molar-refractivity contribution in [1.29, 1.82) is 0 Å². The quantitative estimate of drug-likeness (QED) is 0.807. The normalized spacial score (nSPS) is 34.8. The molecule has 18 heavy (non-hydrogen) atoms. The molecule has 2 heteroatoms. The average Bonchev–Trinajstić information content (AvgIpc) is 3.07. The van der Waals surface area contributed by atoms with Gasteiger partial charge in [-0.15, -0.1) is 0 Å². The molecule has 3 fully saturated rings. The zero-order chi connectivity index (χ0) is 12.5. The highest BCUT2D eigenvalue weighted by atomic mass is 15.2. The van der Waals surface area contributed by atoms with Crippen molar-refractivity contribution in [2.75, 3.05) is 19.6 Å². The zero-order valence-corrected chi connectivity index (χ0v) is 12.2. The molecule has 2 atom stereocenters. The van der Waals surface area contributed by atoms with E-state index in [0.717, 1.165) is 29.8 Å². The number of rotatable bonds is 5. The van der Waals surface area contributed by atoms with Crippen LogP contribution in [-0.2, 0) is 0 Å². The fraction of sp³-hybridized carbons (Fsp3) is 1.00. The number of nitrogens with one attached hydrogen (secondary N) is 1. The van der Waals surface area contributed by atoms with E-state index >= 15 is 0 Å². The van der Waals surface area contributed by atoms with Gasteiger partial charge >= 0.3 is 0 Å². The van der Waals surface area contributed by atoms with Gasteiger partial charge in [-0.25, -0.2) is 0 Å². The van der Waals surface area contributed by atoms with Crippen LogP contribution in [0.2, 0.25) is 0 Å². The molecule has 2 nitrogen and oxygen atoms in total. The van der Waals surface area contributed by atoms with E-state index in [0.29, 0.717) is 0 Å². The first-order valence-electron chi connectivity index (χ1n) is 8.20. The van der Waals surface area contributed by atoms with Crippen LogP contribution >= 0.6 is 0 Å². The highest BCUT2D eigenvalue weighted by molar-refractivity contribution is 4.91. The maximum Gasteiger partial charge on any atom is 0.0198 e. The molecule has 3 aliphatic rings. The molecule has 0 aromatic rings. The molecule has 0 amide bonds. The Bertz CT molecular complexity index is 268. The van der Waals surface area contributed by atoms with Gasteiger partial charge in [-0.05, 0) is 56.4 Å². The maximum absolute atomic E-state index is 3.86. The Balaban J connectivity index is 1.54. The Labute approximate surface area is 113 Å². The summed E-state index contributed by atoms with van der Waals surface area (Å²) in [7, 11) is 0. The summed E-state index contributed by atoms with van der Waals surface area (Å²) in [4.78, 5) is 2.81. The van der Waals surface area contributed by atoms with Crippen molar-refractivity contribution in [3.63, 3.8) is 0 Å². The second-order valence-electron chi connectivity index (χ2n) is 7.33. The van der Waals surface area contributed by atoms with Crippen molar-refractivity contribution in [3.05, 3.63) is 0 Å². The van der Waals surface area contributed by atoms with E-state index < -0.39 is 0 Å². The van der Waals surface area contributed by atoms with E-state index in [4.69, 9.17) is 0 Å². The topological polar surface area (TPSA) is 15.3 Å². The first-order chi connectivity index (χ1) is 8.72. The van der Waals surface area contributed by atoms with Crippen LogP contribution in [-0.4, -0.2) is 36.6 Å². The summed E-state index contributed by atoms with van der Waals surface area (Å²) in [5.41, 5.74) is 0. The summed E-state index contributed by atoms with van der Waals surface area (Å²) in [6.07, 6.45) is 8.74. The molecule has 3 rings (SSSR count). The van der Waals surface area contributed by atoms with Gasteiger partial charge in [0.05, 0.1) is 0 Å². The van der Waals surface area contributed by atoms with Crippen molar-refractivity contribution >= 4 is 0 Å². The number of hydrogen-bond donors (Lipinski definition) is 1. The van der Waals surface area contributed by atoms with Gasteiger partial charge in [0, 0.05) is 25.2 Å².